The number of aromatic nitrogens is 1. The summed E-state index contributed by atoms with van der Waals surface area (Å²) >= 11 is 0. The molecule has 0 saturated heterocycles. The fourth-order valence-electron chi connectivity index (χ4n) is 4.72. The molecule has 0 spiro atoms. The summed E-state index contributed by atoms with van der Waals surface area (Å²) in [6.45, 7) is 7.46. The minimum absolute atomic E-state index is 0.228. The normalized spacial score (nSPS) is 17.4. The lowest BCUT2D eigenvalue weighted by Gasteiger charge is -2.36. The number of anilines is 1. The second-order valence-electron chi connectivity index (χ2n) is 9.03. The molecule has 6 nitrogen and oxygen atoms in total. The van der Waals surface area contributed by atoms with Gasteiger partial charge in [0.15, 0.2) is 0 Å². The van der Waals surface area contributed by atoms with Crippen LogP contribution in [0.1, 0.15) is 54.7 Å². The molecule has 0 N–H and O–H groups in total. The maximum Gasteiger partial charge on any atom is 0.309 e. The van der Waals surface area contributed by atoms with Crippen LogP contribution in [-0.2, 0) is 16.1 Å². The zero-order valence-electron chi connectivity index (χ0n) is 19.5. The Labute approximate surface area is 194 Å². The van der Waals surface area contributed by atoms with Crippen LogP contribution < -0.4 is 9.64 Å². The molecular formula is C27H30N2O4. The van der Waals surface area contributed by atoms with Crippen molar-refractivity contribution in [2.45, 2.75) is 58.6 Å². The minimum atomic E-state index is -0.256. The first-order valence-corrected chi connectivity index (χ1v) is 11.7. The summed E-state index contributed by atoms with van der Waals surface area (Å²) < 4.78 is 16.8. The van der Waals surface area contributed by atoms with Gasteiger partial charge in [0.2, 0.25) is 0 Å². The lowest BCUT2D eigenvalue weighted by atomic mass is 10.0. The Kier molecular flexibility index (Phi) is 5.83. The quantitative estimate of drug-likeness (QED) is 0.443. The van der Waals surface area contributed by atoms with Gasteiger partial charge >= 0.3 is 5.97 Å². The average molecular weight is 447 g/mol. The molecule has 1 aliphatic heterocycles. The van der Waals surface area contributed by atoms with Crippen molar-refractivity contribution in [3.63, 3.8) is 0 Å². The van der Waals surface area contributed by atoms with Gasteiger partial charge in [0.05, 0.1) is 31.0 Å². The van der Waals surface area contributed by atoms with E-state index in [4.69, 9.17) is 14.0 Å². The monoisotopic (exact) mass is 446 g/mol. The molecule has 0 amide bonds. The third-order valence-electron chi connectivity index (χ3n) is 6.41. The van der Waals surface area contributed by atoms with Gasteiger partial charge in [-0.05, 0) is 68.4 Å². The summed E-state index contributed by atoms with van der Waals surface area (Å²) in [6.07, 6.45) is 2.55. The van der Waals surface area contributed by atoms with E-state index in [2.05, 4.69) is 40.4 Å². The molecule has 33 heavy (non-hydrogen) atoms. The van der Waals surface area contributed by atoms with Gasteiger partial charge in [-0.3, -0.25) is 4.79 Å². The van der Waals surface area contributed by atoms with Gasteiger partial charge in [0.1, 0.15) is 17.6 Å². The van der Waals surface area contributed by atoms with Crippen LogP contribution in [0, 0.1) is 13.8 Å². The van der Waals surface area contributed by atoms with Crippen LogP contribution in [0.5, 0.6) is 5.75 Å². The Morgan fingerprint density at radius 3 is 2.76 bits per heavy atom. The molecule has 1 aliphatic carbocycles. The maximum atomic E-state index is 12.2. The fraction of sp³-hybridized carbons (Fsp3) is 0.407. The zero-order chi connectivity index (χ0) is 22.9. The molecule has 1 atom stereocenters. The molecule has 0 bridgehead atoms. The Bertz CT molecular complexity index is 1150. The van der Waals surface area contributed by atoms with E-state index < -0.39 is 0 Å². The maximum absolute atomic E-state index is 12.2. The summed E-state index contributed by atoms with van der Waals surface area (Å²) in [7, 11) is 0. The van der Waals surface area contributed by atoms with Crippen LogP contribution in [0.3, 0.4) is 0 Å². The second kappa shape index (κ2) is 8.93. The number of ether oxygens (including phenoxy) is 2. The number of carbonyl (C=O) groups excluding carboxylic acids is 1. The molecule has 172 valence electrons. The highest BCUT2D eigenvalue weighted by molar-refractivity contribution is 5.76. The highest BCUT2D eigenvalue weighted by Crippen LogP contribution is 2.42. The van der Waals surface area contributed by atoms with Gasteiger partial charge in [-0.25, -0.2) is 0 Å². The Balaban J connectivity index is 1.47. The molecule has 5 rings (SSSR count). The van der Waals surface area contributed by atoms with Crippen molar-refractivity contribution in [2.75, 3.05) is 18.1 Å². The predicted molar refractivity (Wildman–Crippen MR) is 127 cm³/mol. The lowest BCUT2D eigenvalue weighted by molar-refractivity contribution is -0.144. The Hall–Kier alpha value is -3.28. The van der Waals surface area contributed by atoms with Crippen LogP contribution in [0.2, 0.25) is 0 Å². The first kappa shape index (κ1) is 21.6. The number of hydrogen-bond donors (Lipinski definition) is 0. The Morgan fingerprint density at radius 1 is 1.18 bits per heavy atom. The van der Waals surface area contributed by atoms with Crippen LogP contribution in [0.15, 0.2) is 47.0 Å². The molecule has 1 fully saturated rings. The molecule has 3 aromatic rings. The lowest BCUT2D eigenvalue weighted by Crippen LogP contribution is -2.41. The number of carbonyl (C=O) groups is 1. The molecule has 1 unspecified atom stereocenters. The van der Waals surface area contributed by atoms with Gasteiger partial charge < -0.3 is 18.9 Å². The summed E-state index contributed by atoms with van der Waals surface area (Å²) in [4.78, 5) is 14.5. The average Bonchev–Trinajstić information content (AvgIpc) is 3.59. The number of rotatable bonds is 7. The third kappa shape index (κ3) is 4.61. The van der Waals surface area contributed by atoms with E-state index in [-0.39, 0.29) is 18.5 Å². The molecule has 2 aliphatic rings. The first-order chi connectivity index (χ1) is 16.0. The van der Waals surface area contributed by atoms with Crippen molar-refractivity contribution in [3.8, 4) is 16.9 Å². The van der Waals surface area contributed by atoms with Crippen LogP contribution >= 0.6 is 0 Å². The highest BCUT2D eigenvalue weighted by Gasteiger charge is 2.30. The number of fused-ring (bicyclic) bond motifs is 1. The zero-order valence-corrected chi connectivity index (χ0v) is 19.5. The summed E-state index contributed by atoms with van der Waals surface area (Å²) in [5.74, 6) is 2.07. The van der Waals surface area contributed by atoms with Crippen LogP contribution in [-0.4, -0.2) is 30.4 Å². The van der Waals surface area contributed by atoms with Gasteiger partial charge in [-0.15, -0.1) is 0 Å². The van der Waals surface area contributed by atoms with E-state index >= 15 is 0 Å². The number of esters is 1. The third-order valence-corrected chi connectivity index (χ3v) is 6.41. The summed E-state index contributed by atoms with van der Waals surface area (Å²) in [5.41, 5.74) is 6.65. The molecule has 2 heterocycles. The Morgan fingerprint density at radius 2 is 2.03 bits per heavy atom. The minimum Gasteiger partial charge on any atom is -0.486 e. The van der Waals surface area contributed by atoms with E-state index in [0.29, 0.717) is 19.1 Å². The van der Waals surface area contributed by atoms with Crippen molar-refractivity contribution >= 4 is 11.7 Å². The smallest absolute Gasteiger partial charge is 0.309 e. The number of nitrogens with zero attached hydrogens (tertiary/aromatic N) is 2. The first-order valence-electron chi connectivity index (χ1n) is 11.7. The molecule has 2 aromatic carbocycles. The largest absolute Gasteiger partial charge is 0.486 e. The number of benzene rings is 2. The van der Waals surface area contributed by atoms with Crippen molar-refractivity contribution in [1.82, 2.24) is 5.16 Å². The predicted octanol–water partition coefficient (Wildman–Crippen LogP) is 5.56. The summed E-state index contributed by atoms with van der Waals surface area (Å²) in [5, 5.41) is 4.11. The van der Waals surface area contributed by atoms with Gasteiger partial charge in [0, 0.05) is 12.1 Å². The van der Waals surface area contributed by atoms with Crippen molar-refractivity contribution < 1.29 is 18.8 Å². The van der Waals surface area contributed by atoms with Crippen LogP contribution in [0.4, 0.5) is 5.69 Å². The van der Waals surface area contributed by atoms with Gasteiger partial charge in [-0.1, -0.05) is 35.5 Å². The van der Waals surface area contributed by atoms with Gasteiger partial charge in [-0.2, -0.15) is 0 Å². The number of hydrogen-bond acceptors (Lipinski definition) is 6. The van der Waals surface area contributed by atoms with E-state index in [1.807, 2.05) is 32.9 Å². The second-order valence-corrected chi connectivity index (χ2v) is 9.03. The fourth-order valence-corrected chi connectivity index (χ4v) is 4.72. The van der Waals surface area contributed by atoms with Crippen LogP contribution in [0.25, 0.3) is 11.1 Å². The van der Waals surface area contributed by atoms with Crippen molar-refractivity contribution in [3.05, 3.63) is 65.0 Å². The number of aryl methyl sites for hydroxylation is 2. The molecule has 6 heteroatoms. The van der Waals surface area contributed by atoms with Crippen molar-refractivity contribution in [2.24, 2.45) is 0 Å². The van der Waals surface area contributed by atoms with Gasteiger partial charge in [0.25, 0.3) is 0 Å². The molecular weight excluding hydrogens is 416 g/mol. The van der Waals surface area contributed by atoms with Crippen molar-refractivity contribution in [1.29, 1.82) is 0 Å². The van der Waals surface area contributed by atoms with E-state index in [0.717, 1.165) is 40.6 Å². The summed E-state index contributed by atoms with van der Waals surface area (Å²) in [6, 6.07) is 15.1. The van der Waals surface area contributed by atoms with E-state index in [9.17, 15) is 4.79 Å². The SMILES string of the molecule is CCOC(=O)CC1CN(Cc2cccc(C3CC3)c2)c2cc(-c3c(C)noc3C)ccc2O1. The molecule has 1 aromatic heterocycles. The van der Waals surface area contributed by atoms with E-state index in [1.165, 1.54) is 24.0 Å². The molecule has 0 radical (unpaired) electrons. The topological polar surface area (TPSA) is 64.8 Å². The highest BCUT2D eigenvalue weighted by atomic mass is 16.5. The standard InChI is InChI=1S/C27H30N2O4/c1-4-31-26(30)14-23-16-29(15-19-6-5-7-21(12-19)20-8-9-20)24-13-22(10-11-25(24)32-23)27-17(2)28-33-18(27)3/h5-7,10-13,20,23H,4,8-9,14-16H2,1-3H3. The molecule has 1 saturated carbocycles. The van der Waals surface area contributed by atoms with E-state index in [1.54, 1.807) is 0 Å².